The largest absolute Gasteiger partial charge is 0.305 e. The van der Waals surface area contributed by atoms with Crippen molar-refractivity contribution in [3.63, 3.8) is 0 Å². The Morgan fingerprint density at radius 3 is 2.71 bits per heavy atom. The highest BCUT2D eigenvalue weighted by Crippen LogP contribution is 2.13. The topological polar surface area (TPSA) is 76.5 Å². The van der Waals surface area contributed by atoms with Crippen molar-refractivity contribution in [1.82, 2.24) is 25.0 Å². The Balaban J connectivity index is 2.05. The predicted molar refractivity (Wildman–Crippen MR) is 79.3 cm³/mol. The number of hydrogen-bond acceptors (Lipinski definition) is 4. The van der Waals surface area contributed by atoms with Crippen LogP contribution >= 0.6 is 0 Å². The molecule has 0 atom stereocenters. The van der Waals surface area contributed by atoms with E-state index in [1.54, 1.807) is 13.1 Å². The summed E-state index contributed by atoms with van der Waals surface area (Å²) < 4.78 is 0. The highest BCUT2D eigenvalue weighted by atomic mass is 16.1. The molecule has 3 rings (SSSR count). The molecule has 21 heavy (non-hydrogen) atoms. The number of hydrogen-bond donors (Lipinski definition) is 1. The van der Waals surface area contributed by atoms with E-state index in [1.807, 2.05) is 37.3 Å². The Kier molecular flexibility index (Phi) is 3.35. The first-order chi connectivity index (χ1) is 10.2. The third-order valence-corrected chi connectivity index (χ3v) is 3.31. The Bertz CT molecular complexity index is 820. The van der Waals surface area contributed by atoms with Crippen molar-refractivity contribution >= 4 is 0 Å². The monoisotopic (exact) mass is 281 g/mol. The summed E-state index contributed by atoms with van der Waals surface area (Å²) in [6.45, 7) is 3.74. The van der Waals surface area contributed by atoms with Crippen LogP contribution in [0.15, 0.2) is 41.3 Å². The number of aromatic amines is 1. The molecule has 0 aliphatic carbocycles. The average molecular weight is 281 g/mol. The second kappa shape index (κ2) is 5.32. The quantitative estimate of drug-likeness (QED) is 0.795. The van der Waals surface area contributed by atoms with E-state index in [9.17, 15) is 4.79 Å². The molecule has 0 amide bonds. The van der Waals surface area contributed by atoms with Crippen molar-refractivity contribution in [1.29, 1.82) is 0 Å². The van der Waals surface area contributed by atoms with E-state index in [2.05, 4.69) is 20.2 Å². The summed E-state index contributed by atoms with van der Waals surface area (Å²) in [4.78, 5) is 20.6. The summed E-state index contributed by atoms with van der Waals surface area (Å²) in [5.74, 6) is 0.449. The lowest BCUT2D eigenvalue weighted by atomic mass is 10.2. The number of para-hydroxylation sites is 1. The number of aromatic nitrogens is 5. The fourth-order valence-corrected chi connectivity index (χ4v) is 2.10. The maximum absolute atomic E-state index is 11.9. The van der Waals surface area contributed by atoms with Crippen LogP contribution in [-0.4, -0.2) is 25.0 Å². The predicted octanol–water partition coefficient (Wildman–Crippen LogP) is 1.89. The molecule has 1 N–H and O–H groups in total. The van der Waals surface area contributed by atoms with Gasteiger partial charge in [0.05, 0.1) is 17.6 Å². The summed E-state index contributed by atoms with van der Waals surface area (Å²) in [6.07, 6.45) is 2.30. The minimum absolute atomic E-state index is 0.133. The molecule has 0 fully saturated rings. The van der Waals surface area contributed by atoms with Crippen LogP contribution in [0.5, 0.6) is 0 Å². The van der Waals surface area contributed by atoms with Gasteiger partial charge in [-0.2, -0.15) is 9.90 Å². The minimum atomic E-state index is -0.133. The first-order valence-electron chi connectivity index (χ1n) is 6.77. The average Bonchev–Trinajstić information content (AvgIpc) is 3.00. The molecule has 0 unspecified atom stereocenters. The summed E-state index contributed by atoms with van der Waals surface area (Å²) in [5.41, 5.74) is 2.70. The van der Waals surface area contributed by atoms with E-state index in [0.717, 1.165) is 11.4 Å². The lowest BCUT2D eigenvalue weighted by Gasteiger charge is -2.03. The summed E-state index contributed by atoms with van der Waals surface area (Å²) in [7, 11) is 0. The highest BCUT2D eigenvalue weighted by Gasteiger charge is 2.11. The van der Waals surface area contributed by atoms with Gasteiger partial charge in [0.1, 0.15) is 5.69 Å². The van der Waals surface area contributed by atoms with Crippen LogP contribution in [0, 0.1) is 6.92 Å². The zero-order valence-corrected chi connectivity index (χ0v) is 11.9. The van der Waals surface area contributed by atoms with Crippen LogP contribution < -0.4 is 5.56 Å². The Morgan fingerprint density at radius 1 is 1.24 bits per heavy atom. The third kappa shape index (κ3) is 2.47. The molecule has 0 aliphatic heterocycles. The van der Waals surface area contributed by atoms with Crippen molar-refractivity contribution in [3.05, 3.63) is 58.1 Å². The van der Waals surface area contributed by atoms with Gasteiger partial charge in [-0.05, 0) is 25.5 Å². The van der Waals surface area contributed by atoms with Crippen LogP contribution in [0.4, 0.5) is 0 Å². The smallest absolute Gasteiger partial charge is 0.254 e. The van der Waals surface area contributed by atoms with Crippen LogP contribution in [0.1, 0.15) is 18.2 Å². The number of H-pyrrole nitrogens is 1. The van der Waals surface area contributed by atoms with E-state index in [-0.39, 0.29) is 5.56 Å². The van der Waals surface area contributed by atoms with Gasteiger partial charge in [-0.3, -0.25) is 4.79 Å². The Hall–Kier alpha value is -2.76. The van der Waals surface area contributed by atoms with Crippen molar-refractivity contribution in [2.75, 3.05) is 0 Å². The lowest BCUT2D eigenvalue weighted by molar-refractivity contribution is 0.752. The summed E-state index contributed by atoms with van der Waals surface area (Å²) >= 11 is 0. The molecule has 0 bridgehead atoms. The summed E-state index contributed by atoms with van der Waals surface area (Å²) in [6, 6.07) is 9.58. The SMILES string of the molecule is CCc1nc(-c2cnn(-c3ccccc3)n2)[nH]c(=O)c1C. The molecule has 0 saturated heterocycles. The number of nitrogens with one attached hydrogen (secondary N) is 1. The molecule has 2 heterocycles. The van der Waals surface area contributed by atoms with Crippen molar-refractivity contribution < 1.29 is 0 Å². The molecule has 106 valence electrons. The van der Waals surface area contributed by atoms with Gasteiger partial charge in [0, 0.05) is 5.56 Å². The van der Waals surface area contributed by atoms with Gasteiger partial charge in [-0.1, -0.05) is 25.1 Å². The lowest BCUT2D eigenvalue weighted by Crippen LogP contribution is -2.15. The molecule has 0 radical (unpaired) electrons. The Morgan fingerprint density at radius 2 is 2.00 bits per heavy atom. The zero-order chi connectivity index (χ0) is 14.8. The van der Waals surface area contributed by atoms with Gasteiger partial charge in [0.25, 0.3) is 5.56 Å². The van der Waals surface area contributed by atoms with Crippen molar-refractivity contribution in [2.24, 2.45) is 0 Å². The third-order valence-electron chi connectivity index (χ3n) is 3.31. The second-order valence-corrected chi connectivity index (χ2v) is 4.69. The maximum Gasteiger partial charge on any atom is 0.254 e. The van der Waals surface area contributed by atoms with E-state index in [0.29, 0.717) is 23.5 Å². The zero-order valence-electron chi connectivity index (χ0n) is 11.9. The normalized spacial score (nSPS) is 10.8. The number of benzene rings is 1. The van der Waals surface area contributed by atoms with Gasteiger partial charge in [0.15, 0.2) is 5.82 Å². The standard InChI is InChI=1S/C15H15N5O/c1-3-12-10(2)15(21)18-14(17-12)13-9-16-20(19-13)11-7-5-4-6-8-11/h4-9H,3H2,1-2H3,(H,17,18,21). The van der Waals surface area contributed by atoms with Crippen molar-refractivity contribution in [3.8, 4) is 17.2 Å². The fraction of sp³-hybridized carbons (Fsp3) is 0.200. The first-order valence-corrected chi connectivity index (χ1v) is 6.77. The fourth-order valence-electron chi connectivity index (χ4n) is 2.10. The maximum atomic E-state index is 11.9. The van der Waals surface area contributed by atoms with Crippen LogP contribution in [0.3, 0.4) is 0 Å². The van der Waals surface area contributed by atoms with E-state index in [1.165, 1.54) is 4.80 Å². The van der Waals surface area contributed by atoms with Gasteiger partial charge in [-0.25, -0.2) is 4.98 Å². The highest BCUT2D eigenvalue weighted by molar-refractivity contribution is 5.47. The number of nitrogens with zero attached hydrogens (tertiary/aromatic N) is 4. The molecule has 0 saturated carbocycles. The second-order valence-electron chi connectivity index (χ2n) is 4.69. The van der Waals surface area contributed by atoms with Gasteiger partial charge >= 0.3 is 0 Å². The Labute approximate surface area is 121 Å². The molecule has 6 nitrogen and oxygen atoms in total. The molecular weight excluding hydrogens is 266 g/mol. The van der Waals surface area contributed by atoms with E-state index >= 15 is 0 Å². The molecule has 0 aliphatic rings. The van der Waals surface area contributed by atoms with E-state index in [4.69, 9.17) is 0 Å². The van der Waals surface area contributed by atoms with Gasteiger partial charge < -0.3 is 4.98 Å². The first kappa shape index (κ1) is 13.2. The molecule has 0 spiro atoms. The summed E-state index contributed by atoms with van der Waals surface area (Å²) in [5, 5.41) is 8.58. The van der Waals surface area contributed by atoms with Crippen molar-refractivity contribution in [2.45, 2.75) is 20.3 Å². The van der Waals surface area contributed by atoms with Crippen LogP contribution in [-0.2, 0) is 6.42 Å². The molecule has 1 aromatic carbocycles. The van der Waals surface area contributed by atoms with Gasteiger partial charge in [0.2, 0.25) is 0 Å². The number of aryl methyl sites for hydroxylation is 1. The van der Waals surface area contributed by atoms with Gasteiger partial charge in [-0.15, -0.1) is 5.10 Å². The molecular formula is C15H15N5O. The van der Waals surface area contributed by atoms with Crippen LogP contribution in [0.25, 0.3) is 17.2 Å². The molecule has 6 heteroatoms. The molecule has 2 aromatic heterocycles. The number of rotatable bonds is 3. The van der Waals surface area contributed by atoms with E-state index < -0.39 is 0 Å². The minimum Gasteiger partial charge on any atom is -0.305 e. The van der Waals surface area contributed by atoms with Crippen LogP contribution in [0.2, 0.25) is 0 Å². The molecule has 3 aromatic rings.